The Morgan fingerprint density at radius 2 is 2.00 bits per heavy atom. The molecule has 102 valence electrons. The van der Waals surface area contributed by atoms with Crippen molar-refractivity contribution in [1.82, 2.24) is 15.0 Å². The summed E-state index contributed by atoms with van der Waals surface area (Å²) in [6, 6.07) is 9.71. The van der Waals surface area contributed by atoms with Crippen LogP contribution in [0.4, 0.5) is 0 Å². The Kier molecular flexibility index (Phi) is 4.52. The summed E-state index contributed by atoms with van der Waals surface area (Å²) in [6.45, 7) is 5.93. The zero-order chi connectivity index (χ0) is 13.7. The van der Waals surface area contributed by atoms with Crippen LogP contribution in [0, 0.1) is 5.92 Å². The molecule has 0 aliphatic heterocycles. The summed E-state index contributed by atoms with van der Waals surface area (Å²) >= 11 is 0. The van der Waals surface area contributed by atoms with Crippen molar-refractivity contribution in [2.75, 3.05) is 0 Å². The topological polar surface area (TPSA) is 66.0 Å². The van der Waals surface area contributed by atoms with Gasteiger partial charge in [0.25, 0.3) is 0 Å². The summed E-state index contributed by atoms with van der Waals surface area (Å²) in [5, 5.41) is 8.25. The quantitative estimate of drug-likeness (QED) is 0.862. The van der Waals surface area contributed by atoms with E-state index in [0.717, 1.165) is 23.7 Å². The highest BCUT2D eigenvalue weighted by Crippen LogP contribution is 2.14. The van der Waals surface area contributed by atoms with E-state index >= 15 is 0 Å². The first-order valence-electron chi connectivity index (χ1n) is 6.50. The lowest BCUT2D eigenvalue weighted by molar-refractivity contribution is 0.286. The summed E-state index contributed by atoms with van der Waals surface area (Å²) in [4.78, 5) is 0. The molecule has 5 nitrogen and oxygen atoms in total. The van der Waals surface area contributed by atoms with Crippen molar-refractivity contribution in [3.05, 3.63) is 41.7 Å². The molecule has 0 saturated heterocycles. The molecular formula is C14H20N4O. The number of hydrogen-bond acceptors (Lipinski definition) is 4. The van der Waals surface area contributed by atoms with Gasteiger partial charge in [-0.3, -0.25) is 0 Å². The van der Waals surface area contributed by atoms with Gasteiger partial charge in [0.05, 0.1) is 0 Å². The van der Waals surface area contributed by atoms with Crippen LogP contribution in [-0.2, 0) is 19.7 Å². The van der Waals surface area contributed by atoms with E-state index in [1.54, 1.807) is 0 Å². The van der Waals surface area contributed by atoms with Crippen molar-refractivity contribution >= 4 is 0 Å². The summed E-state index contributed by atoms with van der Waals surface area (Å²) in [6.07, 6.45) is 0. The predicted octanol–water partition coefficient (Wildman–Crippen LogP) is 1.97. The zero-order valence-electron chi connectivity index (χ0n) is 11.4. The maximum absolute atomic E-state index is 5.76. The van der Waals surface area contributed by atoms with E-state index in [1.807, 2.05) is 35.0 Å². The number of para-hydroxylation sites is 1. The monoisotopic (exact) mass is 260 g/mol. The average Bonchev–Trinajstić information content (AvgIpc) is 2.79. The molecule has 0 amide bonds. The Hall–Kier alpha value is -1.88. The predicted molar refractivity (Wildman–Crippen MR) is 73.5 cm³/mol. The Morgan fingerprint density at radius 3 is 2.63 bits per heavy atom. The highest BCUT2D eigenvalue weighted by Gasteiger charge is 2.13. The minimum Gasteiger partial charge on any atom is -0.487 e. The van der Waals surface area contributed by atoms with Crippen LogP contribution in [0.2, 0.25) is 0 Å². The number of rotatable bonds is 6. The van der Waals surface area contributed by atoms with Crippen LogP contribution in [0.3, 0.4) is 0 Å². The van der Waals surface area contributed by atoms with Crippen LogP contribution in [-0.4, -0.2) is 15.0 Å². The van der Waals surface area contributed by atoms with Crippen molar-refractivity contribution in [2.24, 2.45) is 11.7 Å². The molecular weight excluding hydrogens is 240 g/mol. The molecule has 1 heterocycles. The summed E-state index contributed by atoms with van der Waals surface area (Å²) in [5.41, 5.74) is 7.45. The van der Waals surface area contributed by atoms with Crippen LogP contribution in [0.1, 0.15) is 25.2 Å². The highest BCUT2D eigenvalue weighted by atomic mass is 16.5. The molecule has 0 unspecified atom stereocenters. The summed E-state index contributed by atoms with van der Waals surface area (Å²) < 4.78 is 7.64. The van der Waals surface area contributed by atoms with Gasteiger partial charge in [0.2, 0.25) is 0 Å². The first-order valence-corrected chi connectivity index (χ1v) is 6.50. The molecule has 0 aliphatic rings. The lowest BCUT2D eigenvalue weighted by Gasteiger charge is -2.11. The fraction of sp³-hybridized carbons (Fsp3) is 0.429. The molecule has 0 fully saturated rings. The molecule has 1 aromatic heterocycles. The molecule has 5 heteroatoms. The van der Waals surface area contributed by atoms with Crippen LogP contribution in [0.5, 0.6) is 5.75 Å². The minimum absolute atomic E-state index is 0.381. The van der Waals surface area contributed by atoms with Gasteiger partial charge in [-0.25, -0.2) is 4.68 Å². The van der Waals surface area contributed by atoms with Crippen molar-refractivity contribution in [3.8, 4) is 5.75 Å². The van der Waals surface area contributed by atoms with E-state index in [2.05, 4.69) is 24.2 Å². The molecule has 0 bridgehead atoms. The number of nitrogens with zero attached hydrogens (tertiary/aromatic N) is 3. The third-order valence-electron chi connectivity index (χ3n) is 2.77. The second kappa shape index (κ2) is 6.33. The maximum atomic E-state index is 5.76. The Balaban J connectivity index is 2.11. The van der Waals surface area contributed by atoms with Crippen molar-refractivity contribution < 1.29 is 4.74 Å². The lowest BCUT2D eigenvalue weighted by atomic mass is 10.2. The van der Waals surface area contributed by atoms with Crippen LogP contribution < -0.4 is 10.5 Å². The van der Waals surface area contributed by atoms with Crippen LogP contribution in [0.25, 0.3) is 0 Å². The highest BCUT2D eigenvalue weighted by molar-refractivity contribution is 5.21. The number of benzene rings is 1. The minimum atomic E-state index is 0.381. The van der Waals surface area contributed by atoms with Gasteiger partial charge in [-0.05, 0) is 18.1 Å². The maximum Gasteiger partial charge on any atom is 0.132 e. The number of aromatic nitrogens is 3. The summed E-state index contributed by atoms with van der Waals surface area (Å²) in [7, 11) is 0. The Bertz CT molecular complexity index is 507. The molecule has 0 radical (unpaired) electrons. The Morgan fingerprint density at radius 1 is 1.26 bits per heavy atom. The number of hydrogen-bond donors (Lipinski definition) is 1. The standard InChI is InChI=1S/C14H20N4O/c1-11(2)9-18-14(13(8-15)16-17-18)10-19-12-6-4-3-5-7-12/h3-7,11H,8-10,15H2,1-2H3. The fourth-order valence-corrected chi connectivity index (χ4v) is 1.85. The van der Waals surface area contributed by atoms with E-state index in [9.17, 15) is 0 Å². The van der Waals surface area contributed by atoms with Gasteiger partial charge in [0, 0.05) is 13.1 Å². The van der Waals surface area contributed by atoms with Crippen LogP contribution in [0.15, 0.2) is 30.3 Å². The largest absolute Gasteiger partial charge is 0.487 e. The van der Waals surface area contributed by atoms with Crippen molar-refractivity contribution in [1.29, 1.82) is 0 Å². The average molecular weight is 260 g/mol. The van der Waals surface area contributed by atoms with Gasteiger partial charge in [-0.15, -0.1) is 5.10 Å². The molecule has 2 N–H and O–H groups in total. The van der Waals surface area contributed by atoms with Gasteiger partial charge in [-0.1, -0.05) is 37.3 Å². The van der Waals surface area contributed by atoms with E-state index in [4.69, 9.17) is 10.5 Å². The fourth-order valence-electron chi connectivity index (χ4n) is 1.85. The number of nitrogens with two attached hydrogens (primary N) is 1. The number of ether oxygens (including phenoxy) is 1. The van der Waals surface area contributed by atoms with Gasteiger partial charge in [0.15, 0.2) is 0 Å². The first kappa shape index (κ1) is 13.5. The second-order valence-electron chi connectivity index (χ2n) is 4.86. The normalized spacial score (nSPS) is 10.9. The van der Waals surface area contributed by atoms with Crippen molar-refractivity contribution in [2.45, 2.75) is 33.5 Å². The molecule has 2 aromatic rings. The smallest absolute Gasteiger partial charge is 0.132 e. The molecule has 0 aliphatic carbocycles. The Labute approximate surface area is 113 Å². The molecule has 0 spiro atoms. The zero-order valence-corrected chi connectivity index (χ0v) is 11.4. The molecule has 0 atom stereocenters. The second-order valence-corrected chi connectivity index (χ2v) is 4.86. The third kappa shape index (κ3) is 3.54. The van der Waals surface area contributed by atoms with Gasteiger partial charge in [-0.2, -0.15) is 0 Å². The van der Waals surface area contributed by atoms with Gasteiger partial charge in [0.1, 0.15) is 23.7 Å². The van der Waals surface area contributed by atoms with E-state index in [1.165, 1.54) is 0 Å². The summed E-state index contributed by atoms with van der Waals surface area (Å²) in [5.74, 6) is 1.34. The van der Waals surface area contributed by atoms with Crippen LogP contribution >= 0.6 is 0 Å². The van der Waals surface area contributed by atoms with E-state index in [-0.39, 0.29) is 0 Å². The van der Waals surface area contributed by atoms with Gasteiger partial charge < -0.3 is 10.5 Å². The first-order chi connectivity index (χ1) is 9.20. The molecule has 2 rings (SSSR count). The van der Waals surface area contributed by atoms with E-state index < -0.39 is 0 Å². The van der Waals surface area contributed by atoms with Crippen molar-refractivity contribution in [3.63, 3.8) is 0 Å². The lowest BCUT2D eigenvalue weighted by Crippen LogP contribution is -2.13. The SMILES string of the molecule is CC(C)Cn1nnc(CN)c1COc1ccccc1. The molecule has 19 heavy (non-hydrogen) atoms. The van der Waals surface area contributed by atoms with Gasteiger partial charge >= 0.3 is 0 Å². The molecule has 0 saturated carbocycles. The molecule has 1 aromatic carbocycles. The third-order valence-corrected chi connectivity index (χ3v) is 2.77. The van der Waals surface area contributed by atoms with E-state index in [0.29, 0.717) is 19.1 Å².